The standard InChI is InChI=1S/C29H34F4N6O3/c1-17(2)41-24-13-23-18(12-22(24)30)6-8-20(36-23)15-35-38-25-9-7-19(14-34-25)26(29(31,32)33)39-11-10-21(16-39)37-27(40)42-28(3,4)5/h6-9,12-14,17,21,26H,10-11,15-16H2,1-5H3,(H,37,40)/t21-,26+/m0/s1. The summed E-state index contributed by atoms with van der Waals surface area (Å²) in [5.74, 6) is -0.232. The van der Waals surface area contributed by atoms with Gasteiger partial charge in [-0.2, -0.15) is 18.3 Å². The number of hydrogen-bond donors (Lipinski definition) is 1. The third-order valence-electron chi connectivity index (χ3n) is 6.27. The molecule has 1 aromatic carbocycles. The number of likely N-dealkylation sites (tertiary alicyclic amines) is 1. The van der Waals surface area contributed by atoms with Crippen molar-refractivity contribution in [1.82, 2.24) is 20.2 Å². The van der Waals surface area contributed by atoms with Gasteiger partial charge in [-0.15, -0.1) is 5.11 Å². The molecule has 2 atom stereocenters. The minimum Gasteiger partial charge on any atom is -0.488 e. The van der Waals surface area contributed by atoms with Crippen molar-refractivity contribution in [3.63, 3.8) is 0 Å². The Morgan fingerprint density at radius 3 is 2.57 bits per heavy atom. The Bertz CT molecular complexity index is 1420. The second-order valence-corrected chi connectivity index (χ2v) is 11.4. The van der Waals surface area contributed by atoms with Crippen LogP contribution >= 0.6 is 0 Å². The molecule has 3 aromatic rings. The van der Waals surface area contributed by atoms with Gasteiger partial charge in [-0.25, -0.2) is 14.2 Å². The van der Waals surface area contributed by atoms with Crippen LogP contribution < -0.4 is 10.1 Å². The minimum atomic E-state index is -4.56. The number of azo groups is 1. The van der Waals surface area contributed by atoms with Crippen LogP contribution in [-0.2, 0) is 11.3 Å². The molecular weight excluding hydrogens is 556 g/mol. The first-order valence-corrected chi connectivity index (χ1v) is 13.6. The number of nitrogens with one attached hydrogen (secondary N) is 1. The van der Waals surface area contributed by atoms with Crippen molar-refractivity contribution in [2.45, 2.75) is 77.5 Å². The van der Waals surface area contributed by atoms with Gasteiger partial charge >= 0.3 is 12.3 Å². The highest BCUT2D eigenvalue weighted by Gasteiger charge is 2.47. The largest absolute Gasteiger partial charge is 0.488 e. The van der Waals surface area contributed by atoms with Crippen LogP contribution in [0.3, 0.4) is 0 Å². The zero-order valence-corrected chi connectivity index (χ0v) is 24.1. The van der Waals surface area contributed by atoms with Gasteiger partial charge in [0.2, 0.25) is 0 Å². The molecule has 1 aliphatic rings. The highest BCUT2D eigenvalue weighted by Crippen LogP contribution is 2.39. The molecule has 1 aliphatic heterocycles. The molecule has 0 spiro atoms. The SMILES string of the molecule is CC(C)Oc1cc2nc(CN=Nc3ccc([C@@H](N4CC[C@H](NC(=O)OC(C)(C)C)C4)C(F)(F)F)cn3)ccc2cc1F. The number of hydrogen-bond acceptors (Lipinski definition) is 8. The maximum atomic E-state index is 14.2. The Labute approximate surface area is 241 Å². The lowest BCUT2D eigenvalue weighted by molar-refractivity contribution is -0.183. The summed E-state index contributed by atoms with van der Waals surface area (Å²) in [4.78, 5) is 21.9. The molecule has 0 saturated carbocycles. The predicted molar refractivity (Wildman–Crippen MR) is 148 cm³/mol. The first-order valence-electron chi connectivity index (χ1n) is 13.6. The molecule has 0 radical (unpaired) electrons. The van der Waals surface area contributed by atoms with E-state index in [1.54, 1.807) is 46.8 Å². The maximum Gasteiger partial charge on any atom is 0.408 e. The number of alkyl halides is 3. The number of halogens is 4. The number of nitrogens with zero attached hydrogens (tertiary/aromatic N) is 5. The van der Waals surface area contributed by atoms with E-state index in [1.807, 2.05) is 0 Å². The maximum absolute atomic E-state index is 14.2. The van der Waals surface area contributed by atoms with Gasteiger partial charge in [0.1, 0.15) is 18.2 Å². The monoisotopic (exact) mass is 590 g/mol. The summed E-state index contributed by atoms with van der Waals surface area (Å²) in [6.45, 7) is 8.98. The van der Waals surface area contributed by atoms with E-state index in [1.165, 1.54) is 29.2 Å². The third-order valence-corrected chi connectivity index (χ3v) is 6.27. The molecule has 9 nitrogen and oxygen atoms in total. The smallest absolute Gasteiger partial charge is 0.408 e. The van der Waals surface area contributed by atoms with Gasteiger partial charge in [-0.1, -0.05) is 12.1 Å². The third kappa shape index (κ3) is 8.34. The number of carbonyl (C=O) groups excluding carboxylic acids is 1. The number of ether oxygens (including phenoxy) is 2. The fraction of sp³-hybridized carbons (Fsp3) is 0.483. The highest BCUT2D eigenvalue weighted by atomic mass is 19.4. The Hall–Kier alpha value is -3.87. The molecule has 0 aliphatic carbocycles. The number of fused-ring (bicyclic) bond motifs is 1. The molecule has 42 heavy (non-hydrogen) atoms. The van der Waals surface area contributed by atoms with Gasteiger partial charge in [-0.3, -0.25) is 9.88 Å². The van der Waals surface area contributed by atoms with E-state index in [4.69, 9.17) is 9.47 Å². The van der Waals surface area contributed by atoms with Gasteiger partial charge < -0.3 is 14.8 Å². The number of amides is 1. The quantitative estimate of drug-likeness (QED) is 0.223. The average Bonchev–Trinajstić information content (AvgIpc) is 3.30. The molecule has 1 N–H and O–H groups in total. The molecular formula is C29H34F4N6O3. The van der Waals surface area contributed by atoms with E-state index in [0.717, 1.165) is 6.20 Å². The van der Waals surface area contributed by atoms with Gasteiger partial charge in [0.05, 0.1) is 17.3 Å². The first kappa shape index (κ1) is 31.1. The number of carbonyl (C=O) groups is 1. The van der Waals surface area contributed by atoms with Crippen molar-refractivity contribution in [2.75, 3.05) is 13.1 Å². The number of pyridine rings is 2. The number of aromatic nitrogens is 2. The van der Waals surface area contributed by atoms with E-state index in [-0.39, 0.29) is 42.9 Å². The molecule has 1 saturated heterocycles. The second-order valence-electron chi connectivity index (χ2n) is 11.4. The lowest BCUT2D eigenvalue weighted by atomic mass is 10.1. The zero-order valence-electron chi connectivity index (χ0n) is 24.1. The molecule has 2 aromatic heterocycles. The van der Waals surface area contributed by atoms with Crippen molar-refractivity contribution in [3.8, 4) is 5.75 Å². The van der Waals surface area contributed by atoms with Crippen LogP contribution in [0.2, 0.25) is 0 Å². The van der Waals surface area contributed by atoms with Crippen LogP contribution in [0.1, 0.15) is 58.3 Å². The molecule has 226 valence electrons. The average molecular weight is 591 g/mol. The zero-order chi connectivity index (χ0) is 30.7. The molecule has 0 unspecified atom stereocenters. The van der Waals surface area contributed by atoms with Crippen LogP contribution in [0, 0.1) is 5.82 Å². The Morgan fingerprint density at radius 1 is 1.17 bits per heavy atom. The van der Waals surface area contributed by atoms with E-state index in [0.29, 0.717) is 23.0 Å². The molecule has 1 amide bonds. The van der Waals surface area contributed by atoms with Gasteiger partial charge in [0.15, 0.2) is 17.4 Å². The Morgan fingerprint density at radius 2 is 1.93 bits per heavy atom. The van der Waals surface area contributed by atoms with Crippen molar-refractivity contribution in [2.24, 2.45) is 10.2 Å². The van der Waals surface area contributed by atoms with Crippen LogP contribution in [0.5, 0.6) is 5.75 Å². The number of benzene rings is 1. The molecule has 4 rings (SSSR count). The summed E-state index contributed by atoms with van der Waals surface area (Å²) < 4.78 is 67.3. The topological polar surface area (TPSA) is 101 Å². The van der Waals surface area contributed by atoms with Gasteiger partial charge in [-0.05, 0) is 64.8 Å². The summed E-state index contributed by atoms with van der Waals surface area (Å²) in [6, 6.07) is 6.62. The summed E-state index contributed by atoms with van der Waals surface area (Å²) >= 11 is 0. The van der Waals surface area contributed by atoms with Crippen molar-refractivity contribution in [3.05, 3.63) is 59.7 Å². The van der Waals surface area contributed by atoms with Crippen molar-refractivity contribution in [1.29, 1.82) is 0 Å². The van der Waals surface area contributed by atoms with Crippen LogP contribution in [-0.4, -0.2) is 58.0 Å². The number of rotatable bonds is 8. The predicted octanol–water partition coefficient (Wildman–Crippen LogP) is 7.04. The van der Waals surface area contributed by atoms with E-state index in [2.05, 4.69) is 25.5 Å². The molecule has 0 bridgehead atoms. The molecule has 1 fully saturated rings. The molecule has 13 heteroatoms. The van der Waals surface area contributed by atoms with Gasteiger partial charge in [0.25, 0.3) is 0 Å². The summed E-state index contributed by atoms with van der Waals surface area (Å²) in [5, 5.41) is 11.4. The summed E-state index contributed by atoms with van der Waals surface area (Å²) in [6.07, 6.45) is -3.93. The van der Waals surface area contributed by atoms with E-state index < -0.39 is 35.8 Å². The lowest BCUT2D eigenvalue weighted by Crippen LogP contribution is -2.42. The van der Waals surface area contributed by atoms with Gasteiger partial charge in [0, 0.05) is 36.8 Å². The fourth-order valence-corrected chi connectivity index (χ4v) is 4.62. The van der Waals surface area contributed by atoms with Crippen LogP contribution in [0.25, 0.3) is 10.9 Å². The lowest BCUT2D eigenvalue weighted by Gasteiger charge is -2.30. The summed E-state index contributed by atoms with van der Waals surface area (Å²) in [7, 11) is 0. The van der Waals surface area contributed by atoms with E-state index in [9.17, 15) is 22.4 Å². The Kier molecular flexibility index (Phi) is 9.29. The molecule has 3 heterocycles. The minimum absolute atomic E-state index is 0.0152. The Balaban J connectivity index is 1.40. The first-order chi connectivity index (χ1) is 19.7. The van der Waals surface area contributed by atoms with E-state index >= 15 is 0 Å². The second kappa shape index (κ2) is 12.6. The van der Waals surface area contributed by atoms with Crippen molar-refractivity contribution >= 4 is 22.8 Å². The fourth-order valence-electron chi connectivity index (χ4n) is 4.62. The summed E-state index contributed by atoms with van der Waals surface area (Å²) in [5.41, 5.74) is 0.347. The normalized spacial score (nSPS) is 17.2. The highest BCUT2D eigenvalue weighted by molar-refractivity contribution is 5.80. The van der Waals surface area contributed by atoms with Crippen molar-refractivity contribution < 1.29 is 31.8 Å². The van der Waals surface area contributed by atoms with Crippen LogP contribution in [0.4, 0.5) is 28.2 Å². The number of alkyl carbamates (subject to hydrolysis) is 1. The van der Waals surface area contributed by atoms with Crippen LogP contribution in [0.15, 0.2) is 52.8 Å².